The lowest BCUT2D eigenvalue weighted by molar-refractivity contribution is -0.142. The first-order valence-corrected chi connectivity index (χ1v) is 10.3. The fraction of sp³-hybridized carbons (Fsp3) is 0.300. The summed E-state index contributed by atoms with van der Waals surface area (Å²) in [6.07, 6.45) is 0. The Bertz CT molecular complexity index is 831. The minimum Gasteiger partial charge on any atom is -0.482 e. The van der Waals surface area contributed by atoms with Crippen molar-refractivity contribution in [2.45, 2.75) is 26.4 Å². The van der Waals surface area contributed by atoms with Gasteiger partial charge in [-0.1, -0.05) is 51.3 Å². The zero-order chi connectivity index (χ0) is 20.7. The van der Waals surface area contributed by atoms with E-state index in [1.54, 1.807) is 37.3 Å². The minimum absolute atomic E-state index is 0.230. The summed E-state index contributed by atoms with van der Waals surface area (Å²) in [4.78, 5) is 26.6. The van der Waals surface area contributed by atoms with E-state index < -0.39 is 6.04 Å². The molecule has 0 saturated carbocycles. The average Bonchev–Trinajstić information content (AvgIpc) is 2.66. The van der Waals surface area contributed by atoms with E-state index in [-0.39, 0.29) is 25.0 Å². The molecule has 0 spiro atoms. The molecule has 0 saturated heterocycles. The van der Waals surface area contributed by atoms with Gasteiger partial charge in [-0.05, 0) is 49.7 Å². The molecule has 2 aromatic rings. The van der Waals surface area contributed by atoms with Crippen LogP contribution >= 0.6 is 39.1 Å². The van der Waals surface area contributed by atoms with Crippen LogP contribution in [0.3, 0.4) is 0 Å². The van der Waals surface area contributed by atoms with Crippen molar-refractivity contribution in [3.05, 3.63) is 62.5 Å². The average molecular weight is 488 g/mol. The molecule has 1 N–H and O–H groups in total. The molecule has 2 amide bonds. The molecule has 5 nitrogen and oxygen atoms in total. The van der Waals surface area contributed by atoms with E-state index in [0.717, 1.165) is 10.0 Å². The molecular formula is C20H21BrCl2N2O3. The molecule has 2 aromatic carbocycles. The second kappa shape index (κ2) is 10.7. The minimum atomic E-state index is -0.660. The zero-order valence-corrected chi connectivity index (χ0v) is 18.6. The van der Waals surface area contributed by atoms with Crippen molar-refractivity contribution >= 4 is 50.9 Å². The fourth-order valence-corrected chi connectivity index (χ4v) is 3.36. The van der Waals surface area contributed by atoms with Crippen LogP contribution in [0.25, 0.3) is 0 Å². The van der Waals surface area contributed by atoms with Crippen molar-refractivity contribution in [3.63, 3.8) is 0 Å². The molecule has 28 heavy (non-hydrogen) atoms. The van der Waals surface area contributed by atoms with Crippen molar-refractivity contribution in [1.29, 1.82) is 0 Å². The number of nitrogens with zero attached hydrogens (tertiary/aromatic N) is 1. The number of benzene rings is 2. The van der Waals surface area contributed by atoms with Crippen molar-refractivity contribution in [3.8, 4) is 5.75 Å². The number of carbonyl (C=O) groups is 2. The highest BCUT2D eigenvalue weighted by Gasteiger charge is 2.26. The number of rotatable bonds is 8. The van der Waals surface area contributed by atoms with Crippen LogP contribution in [0.15, 0.2) is 46.9 Å². The molecule has 1 atom stereocenters. The van der Waals surface area contributed by atoms with Crippen LogP contribution < -0.4 is 10.1 Å². The fourth-order valence-electron chi connectivity index (χ4n) is 2.51. The smallest absolute Gasteiger partial charge is 0.261 e. The molecule has 8 heteroatoms. The van der Waals surface area contributed by atoms with Crippen LogP contribution in [-0.4, -0.2) is 35.9 Å². The normalized spacial score (nSPS) is 11.6. The van der Waals surface area contributed by atoms with Gasteiger partial charge in [-0.3, -0.25) is 9.59 Å². The van der Waals surface area contributed by atoms with Crippen LogP contribution in [0.5, 0.6) is 5.75 Å². The van der Waals surface area contributed by atoms with Gasteiger partial charge in [-0.25, -0.2) is 0 Å². The molecule has 0 unspecified atom stereocenters. The Morgan fingerprint density at radius 1 is 1.18 bits per heavy atom. The number of halogens is 3. The van der Waals surface area contributed by atoms with Crippen molar-refractivity contribution < 1.29 is 14.3 Å². The van der Waals surface area contributed by atoms with E-state index in [1.807, 2.05) is 19.1 Å². The standard InChI is InChI=1S/C20H21BrCl2N2O3/c1-3-24-20(27)13(2)25(11-14-4-7-16(22)8-5-14)19(26)12-28-18-9-6-15(21)10-17(18)23/h4-10,13H,3,11-12H2,1-2H3,(H,24,27)/t13-/m0/s1. The first-order chi connectivity index (χ1) is 13.3. The predicted molar refractivity (Wildman–Crippen MR) is 115 cm³/mol. The number of likely N-dealkylation sites (N-methyl/N-ethyl adjacent to an activating group) is 1. The van der Waals surface area contributed by atoms with Crippen molar-refractivity contribution in [2.75, 3.05) is 13.2 Å². The van der Waals surface area contributed by atoms with Gasteiger partial charge in [-0.15, -0.1) is 0 Å². The van der Waals surface area contributed by atoms with Gasteiger partial charge in [0.15, 0.2) is 6.61 Å². The highest BCUT2D eigenvalue weighted by molar-refractivity contribution is 9.10. The maximum absolute atomic E-state index is 12.9. The molecule has 0 aliphatic carbocycles. The van der Waals surface area contributed by atoms with E-state index >= 15 is 0 Å². The predicted octanol–water partition coefficient (Wildman–Crippen LogP) is 4.69. The summed E-state index contributed by atoms with van der Waals surface area (Å²) in [7, 11) is 0. The highest BCUT2D eigenvalue weighted by Crippen LogP contribution is 2.27. The number of ether oxygens (including phenoxy) is 1. The van der Waals surface area contributed by atoms with Crippen LogP contribution in [0.4, 0.5) is 0 Å². The van der Waals surface area contributed by atoms with Gasteiger partial charge in [0, 0.05) is 22.6 Å². The van der Waals surface area contributed by atoms with E-state index in [0.29, 0.717) is 22.3 Å². The number of hydrogen-bond donors (Lipinski definition) is 1. The Hall–Kier alpha value is -1.76. The quantitative estimate of drug-likeness (QED) is 0.587. The van der Waals surface area contributed by atoms with Gasteiger partial charge in [0.1, 0.15) is 11.8 Å². The topological polar surface area (TPSA) is 58.6 Å². The summed E-state index contributed by atoms with van der Waals surface area (Å²) in [5.74, 6) is -0.158. The molecule has 0 heterocycles. The van der Waals surface area contributed by atoms with Gasteiger partial charge in [0.25, 0.3) is 5.91 Å². The molecule has 0 bridgehead atoms. The van der Waals surface area contributed by atoms with Crippen LogP contribution in [-0.2, 0) is 16.1 Å². The Morgan fingerprint density at radius 2 is 1.86 bits per heavy atom. The largest absolute Gasteiger partial charge is 0.482 e. The molecular weight excluding hydrogens is 467 g/mol. The SMILES string of the molecule is CCNC(=O)[C@H](C)N(Cc1ccc(Cl)cc1)C(=O)COc1ccc(Br)cc1Cl. The third-order valence-electron chi connectivity index (χ3n) is 4.03. The molecule has 0 aromatic heterocycles. The van der Waals surface area contributed by atoms with E-state index in [4.69, 9.17) is 27.9 Å². The van der Waals surface area contributed by atoms with E-state index in [2.05, 4.69) is 21.2 Å². The van der Waals surface area contributed by atoms with Crippen molar-refractivity contribution in [1.82, 2.24) is 10.2 Å². The Kier molecular flexibility index (Phi) is 8.60. The van der Waals surface area contributed by atoms with Crippen LogP contribution in [0.2, 0.25) is 10.0 Å². The number of amides is 2. The van der Waals surface area contributed by atoms with Gasteiger partial charge >= 0.3 is 0 Å². The summed E-state index contributed by atoms with van der Waals surface area (Å²) in [6.45, 7) is 4.02. The van der Waals surface area contributed by atoms with Gasteiger partial charge < -0.3 is 15.0 Å². The van der Waals surface area contributed by atoms with Crippen molar-refractivity contribution in [2.24, 2.45) is 0 Å². The first kappa shape index (κ1) is 22.5. The van der Waals surface area contributed by atoms with Crippen LogP contribution in [0, 0.1) is 0 Å². The maximum atomic E-state index is 12.9. The first-order valence-electron chi connectivity index (χ1n) is 8.71. The number of nitrogens with one attached hydrogen (secondary N) is 1. The third-order valence-corrected chi connectivity index (χ3v) is 5.07. The van der Waals surface area contributed by atoms with E-state index in [9.17, 15) is 9.59 Å². The summed E-state index contributed by atoms with van der Waals surface area (Å²) in [5, 5.41) is 3.74. The third kappa shape index (κ3) is 6.40. The van der Waals surface area contributed by atoms with Gasteiger partial charge in [-0.2, -0.15) is 0 Å². The summed E-state index contributed by atoms with van der Waals surface area (Å²) >= 11 is 15.4. The van der Waals surface area contributed by atoms with Gasteiger partial charge in [0.2, 0.25) is 5.91 Å². The monoisotopic (exact) mass is 486 g/mol. The van der Waals surface area contributed by atoms with Crippen LogP contribution in [0.1, 0.15) is 19.4 Å². The molecule has 2 rings (SSSR count). The lowest BCUT2D eigenvalue weighted by Crippen LogP contribution is -2.49. The lowest BCUT2D eigenvalue weighted by Gasteiger charge is -2.28. The summed E-state index contributed by atoms with van der Waals surface area (Å²) in [6, 6.07) is 11.6. The molecule has 0 radical (unpaired) electrons. The summed E-state index contributed by atoms with van der Waals surface area (Å²) < 4.78 is 6.39. The Morgan fingerprint density at radius 3 is 2.46 bits per heavy atom. The number of hydrogen-bond acceptors (Lipinski definition) is 3. The summed E-state index contributed by atoms with van der Waals surface area (Å²) in [5.41, 5.74) is 0.857. The second-order valence-electron chi connectivity index (χ2n) is 6.08. The Labute approximate surface area is 183 Å². The Balaban J connectivity index is 2.15. The molecule has 0 aliphatic heterocycles. The molecule has 0 fully saturated rings. The van der Waals surface area contributed by atoms with E-state index in [1.165, 1.54) is 4.90 Å². The zero-order valence-electron chi connectivity index (χ0n) is 15.5. The highest BCUT2D eigenvalue weighted by atomic mass is 79.9. The lowest BCUT2D eigenvalue weighted by atomic mass is 10.1. The number of carbonyl (C=O) groups excluding carboxylic acids is 2. The molecule has 150 valence electrons. The second-order valence-corrected chi connectivity index (χ2v) is 7.84. The maximum Gasteiger partial charge on any atom is 0.261 e. The molecule has 0 aliphatic rings. The van der Waals surface area contributed by atoms with Gasteiger partial charge in [0.05, 0.1) is 5.02 Å².